The van der Waals surface area contributed by atoms with Gasteiger partial charge in [0.05, 0.1) is 19.8 Å². The summed E-state index contributed by atoms with van der Waals surface area (Å²) in [5, 5.41) is 0. The molecule has 0 N–H and O–H groups in total. The van der Waals surface area contributed by atoms with E-state index in [1.807, 2.05) is 6.07 Å². The van der Waals surface area contributed by atoms with Crippen LogP contribution in [0.2, 0.25) is 0 Å². The second kappa shape index (κ2) is 4.96. The van der Waals surface area contributed by atoms with Gasteiger partial charge in [0.25, 0.3) is 0 Å². The molecule has 3 nitrogen and oxygen atoms in total. The summed E-state index contributed by atoms with van der Waals surface area (Å²) < 4.78 is 10.5. The van der Waals surface area contributed by atoms with E-state index in [0.717, 1.165) is 17.7 Å². The number of carbonyl (C=O) groups is 1. The average molecular weight is 255 g/mol. The number of Topliss-reactive ketones (excluding diaryl/α,β-unsaturated/α-hetero) is 1. The van der Waals surface area contributed by atoms with Crippen molar-refractivity contribution in [2.45, 2.75) is 12.8 Å². The van der Waals surface area contributed by atoms with E-state index in [-0.39, 0.29) is 11.7 Å². The molecule has 0 unspecified atom stereocenters. The van der Waals surface area contributed by atoms with Gasteiger partial charge in [0.15, 0.2) is 5.78 Å². The number of methoxy groups -OCH3 is 2. The fraction of sp³-hybridized carbons (Fsp3) is 0.462. The molecular formula is C13H15ClO3. The molecule has 0 radical (unpaired) electrons. The number of ether oxygens (including phenoxy) is 2. The van der Waals surface area contributed by atoms with Gasteiger partial charge in [-0.25, -0.2) is 0 Å². The Kier molecular flexibility index (Phi) is 3.57. The third kappa shape index (κ3) is 2.12. The maximum Gasteiger partial charge on any atom is 0.167 e. The lowest BCUT2D eigenvalue weighted by Crippen LogP contribution is -2.22. The predicted octanol–water partition coefficient (Wildman–Crippen LogP) is 2.69. The van der Waals surface area contributed by atoms with Crippen molar-refractivity contribution in [3.8, 4) is 11.5 Å². The molecule has 0 saturated heterocycles. The van der Waals surface area contributed by atoms with Crippen LogP contribution in [-0.2, 0) is 6.42 Å². The number of fused-ring (bicyclic) bond motifs is 1. The zero-order chi connectivity index (χ0) is 12.4. The summed E-state index contributed by atoms with van der Waals surface area (Å²) in [5.41, 5.74) is 1.59. The number of hydrogen-bond donors (Lipinski definition) is 0. The first-order valence-corrected chi connectivity index (χ1v) is 6.07. The molecule has 1 atom stereocenters. The van der Waals surface area contributed by atoms with Crippen LogP contribution in [0, 0.1) is 5.92 Å². The number of benzene rings is 1. The summed E-state index contributed by atoms with van der Waals surface area (Å²) in [4.78, 5) is 12.1. The molecule has 0 aliphatic heterocycles. The lowest BCUT2D eigenvalue weighted by atomic mass is 9.83. The fourth-order valence-electron chi connectivity index (χ4n) is 2.31. The van der Waals surface area contributed by atoms with Gasteiger partial charge in [-0.15, -0.1) is 11.6 Å². The lowest BCUT2D eigenvalue weighted by Gasteiger charge is -2.25. The number of hydrogen-bond acceptors (Lipinski definition) is 3. The Morgan fingerprint density at radius 1 is 1.24 bits per heavy atom. The monoisotopic (exact) mass is 254 g/mol. The third-order valence-electron chi connectivity index (χ3n) is 3.14. The average Bonchev–Trinajstić information content (AvgIpc) is 2.37. The summed E-state index contributed by atoms with van der Waals surface area (Å²) in [6, 6.07) is 3.61. The van der Waals surface area contributed by atoms with Gasteiger partial charge in [-0.2, -0.15) is 0 Å². The number of carbonyl (C=O) groups excluding carboxylic acids is 1. The molecule has 4 heteroatoms. The van der Waals surface area contributed by atoms with Crippen LogP contribution in [0.4, 0.5) is 0 Å². The summed E-state index contributed by atoms with van der Waals surface area (Å²) in [7, 11) is 3.18. The highest BCUT2D eigenvalue weighted by Gasteiger charge is 2.29. The Balaban J connectivity index is 2.55. The quantitative estimate of drug-likeness (QED) is 0.778. The van der Waals surface area contributed by atoms with Gasteiger partial charge < -0.3 is 9.47 Å². The molecule has 1 aliphatic rings. The minimum atomic E-state index is 0.0904. The van der Waals surface area contributed by atoms with Crippen LogP contribution in [0.15, 0.2) is 12.1 Å². The molecule has 0 aromatic heterocycles. The van der Waals surface area contributed by atoms with Gasteiger partial charge in [0, 0.05) is 17.9 Å². The van der Waals surface area contributed by atoms with Crippen LogP contribution in [0.5, 0.6) is 11.5 Å². The van der Waals surface area contributed by atoms with Crippen molar-refractivity contribution in [1.29, 1.82) is 0 Å². The molecule has 17 heavy (non-hydrogen) atoms. The van der Waals surface area contributed by atoms with E-state index < -0.39 is 0 Å². The van der Waals surface area contributed by atoms with E-state index in [1.54, 1.807) is 20.3 Å². The molecule has 0 saturated carbocycles. The zero-order valence-corrected chi connectivity index (χ0v) is 10.7. The Hall–Kier alpha value is -1.22. The van der Waals surface area contributed by atoms with E-state index in [9.17, 15) is 4.79 Å². The maximum absolute atomic E-state index is 12.1. The molecular weight excluding hydrogens is 240 g/mol. The van der Waals surface area contributed by atoms with E-state index >= 15 is 0 Å². The molecule has 0 spiro atoms. The van der Waals surface area contributed by atoms with Crippen molar-refractivity contribution in [2.75, 3.05) is 20.1 Å². The van der Waals surface area contributed by atoms with Crippen LogP contribution in [0.1, 0.15) is 22.3 Å². The highest BCUT2D eigenvalue weighted by molar-refractivity contribution is 6.18. The van der Waals surface area contributed by atoms with Crippen LogP contribution < -0.4 is 9.47 Å². The number of halogens is 1. The molecule has 0 bridgehead atoms. The maximum atomic E-state index is 12.1. The third-order valence-corrected chi connectivity index (χ3v) is 3.57. The Morgan fingerprint density at radius 3 is 2.47 bits per heavy atom. The van der Waals surface area contributed by atoms with E-state index in [4.69, 9.17) is 21.1 Å². The van der Waals surface area contributed by atoms with Crippen LogP contribution in [-0.4, -0.2) is 25.9 Å². The molecule has 2 rings (SSSR count). The number of rotatable bonds is 3. The van der Waals surface area contributed by atoms with Crippen molar-refractivity contribution in [3.05, 3.63) is 23.3 Å². The standard InChI is InChI=1S/C13H15ClO3/c1-16-11-3-4-12(17-2)13-9(11)5-8(7-14)6-10(13)15/h3-4,8H,5-7H2,1-2H3/t8-/m1/s1. The molecule has 92 valence electrons. The summed E-state index contributed by atoms with van der Waals surface area (Å²) in [5.74, 6) is 2.14. The normalized spacial score (nSPS) is 18.8. The molecule has 0 heterocycles. The number of ketones is 1. The second-order valence-corrected chi connectivity index (χ2v) is 4.48. The minimum Gasteiger partial charge on any atom is -0.496 e. The first-order valence-electron chi connectivity index (χ1n) is 5.54. The summed E-state index contributed by atoms with van der Waals surface area (Å²) in [6.07, 6.45) is 1.25. The van der Waals surface area contributed by atoms with Crippen molar-refractivity contribution in [3.63, 3.8) is 0 Å². The SMILES string of the molecule is COc1ccc(OC)c2c1C[C@@H](CCl)CC2=O. The Bertz CT molecular complexity index is 443. The van der Waals surface area contributed by atoms with Crippen LogP contribution in [0.25, 0.3) is 0 Å². The van der Waals surface area contributed by atoms with Gasteiger partial charge in [0.2, 0.25) is 0 Å². The first kappa shape index (κ1) is 12.2. The smallest absolute Gasteiger partial charge is 0.167 e. The number of alkyl halides is 1. The topological polar surface area (TPSA) is 35.5 Å². The molecule has 1 aromatic carbocycles. The largest absolute Gasteiger partial charge is 0.496 e. The van der Waals surface area contributed by atoms with Crippen molar-refractivity contribution in [2.24, 2.45) is 5.92 Å². The Labute approximate surface area is 106 Å². The summed E-state index contributed by atoms with van der Waals surface area (Å²) in [6.45, 7) is 0. The first-order chi connectivity index (χ1) is 8.21. The fourth-order valence-corrected chi connectivity index (χ4v) is 2.53. The Morgan fingerprint density at radius 2 is 1.88 bits per heavy atom. The molecule has 0 amide bonds. The predicted molar refractivity (Wildman–Crippen MR) is 66.4 cm³/mol. The van der Waals surface area contributed by atoms with Crippen molar-refractivity contribution >= 4 is 17.4 Å². The highest BCUT2D eigenvalue weighted by Crippen LogP contribution is 2.38. The minimum absolute atomic E-state index is 0.0904. The van der Waals surface area contributed by atoms with Gasteiger partial charge in [0.1, 0.15) is 11.5 Å². The van der Waals surface area contributed by atoms with Crippen molar-refractivity contribution in [1.82, 2.24) is 0 Å². The van der Waals surface area contributed by atoms with E-state index in [2.05, 4.69) is 0 Å². The summed E-state index contributed by atoms with van der Waals surface area (Å²) >= 11 is 5.86. The molecule has 1 aromatic rings. The lowest BCUT2D eigenvalue weighted by molar-refractivity contribution is 0.0949. The van der Waals surface area contributed by atoms with Gasteiger partial charge in [-0.1, -0.05) is 0 Å². The van der Waals surface area contributed by atoms with E-state index in [1.165, 1.54) is 0 Å². The van der Waals surface area contributed by atoms with Gasteiger partial charge in [-0.05, 0) is 24.5 Å². The van der Waals surface area contributed by atoms with Gasteiger partial charge >= 0.3 is 0 Å². The van der Waals surface area contributed by atoms with Gasteiger partial charge in [-0.3, -0.25) is 4.79 Å². The van der Waals surface area contributed by atoms with Crippen molar-refractivity contribution < 1.29 is 14.3 Å². The van der Waals surface area contributed by atoms with E-state index in [0.29, 0.717) is 23.6 Å². The highest BCUT2D eigenvalue weighted by atomic mass is 35.5. The molecule has 0 fully saturated rings. The molecule has 1 aliphatic carbocycles. The zero-order valence-electron chi connectivity index (χ0n) is 9.96. The van der Waals surface area contributed by atoms with Crippen LogP contribution in [0.3, 0.4) is 0 Å². The second-order valence-electron chi connectivity index (χ2n) is 4.18. The van der Waals surface area contributed by atoms with Crippen LogP contribution >= 0.6 is 11.6 Å².